The van der Waals surface area contributed by atoms with E-state index in [0.29, 0.717) is 5.56 Å². The Hall–Kier alpha value is -2.30. The zero-order valence-corrected chi connectivity index (χ0v) is 13.1. The van der Waals surface area contributed by atoms with Crippen LogP contribution in [0.15, 0.2) is 42.7 Å². The molecule has 1 N–H and O–H groups in total. The van der Waals surface area contributed by atoms with Gasteiger partial charge in [-0.05, 0) is 12.1 Å². The molecule has 3 rings (SSSR count). The predicted octanol–water partition coefficient (Wildman–Crippen LogP) is 2.73. The number of carbonyl (C=O) groups excluding carboxylic acids is 1. The topological polar surface area (TPSA) is 58.2 Å². The number of H-pyrrole nitrogens is 1. The Morgan fingerprint density at radius 1 is 1.36 bits per heavy atom. The number of nitrogens with one attached hydrogen (secondary N) is 1. The minimum atomic E-state index is -0.0933. The lowest BCUT2D eigenvalue weighted by Crippen LogP contribution is -2.63. The van der Waals surface area contributed by atoms with Gasteiger partial charge in [0.2, 0.25) is 0 Å². The van der Waals surface area contributed by atoms with Crippen LogP contribution in [0, 0.1) is 5.41 Å². The van der Waals surface area contributed by atoms with Crippen LogP contribution in [-0.4, -0.2) is 40.2 Å². The molecule has 1 aliphatic carbocycles. The lowest BCUT2D eigenvalue weighted by atomic mass is 9.63. The van der Waals surface area contributed by atoms with Crippen LogP contribution >= 0.6 is 0 Å². The van der Waals surface area contributed by atoms with Gasteiger partial charge in [-0.1, -0.05) is 32.0 Å². The Balaban J connectivity index is 1.67. The van der Waals surface area contributed by atoms with E-state index in [1.165, 1.54) is 0 Å². The minimum Gasteiger partial charge on any atom is -0.490 e. The van der Waals surface area contributed by atoms with Crippen LogP contribution in [0.4, 0.5) is 0 Å². The number of hydrogen-bond acceptors (Lipinski definition) is 3. The molecule has 5 heteroatoms. The van der Waals surface area contributed by atoms with Crippen molar-refractivity contribution in [1.82, 2.24) is 15.1 Å². The number of hydrogen-bond donors (Lipinski definition) is 1. The number of benzene rings is 1. The molecule has 1 aromatic carbocycles. The average Bonchev–Trinajstić information content (AvgIpc) is 3.05. The van der Waals surface area contributed by atoms with Crippen LogP contribution in [0.25, 0.3) is 0 Å². The Morgan fingerprint density at radius 2 is 2.09 bits per heavy atom. The van der Waals surface area contributed by atoms with Crippen LogP contribution in [0.5, 0.6) is 5.75 Å². The molecule has 1 aliphatic rings. The smallest absolute Gasteiger partial charge is 0.257 e. The van der Waals surface area contributed by atoms with Gasteiger partial charge in [0.1, 0.15) is 11.9 Å². The van der Waals surface area contributed by atoms with E-state index >= 15 is 0 Å². The largest absolute Gasteiger partial charge is 0.490 e. The summed E-state index contributed by atoms with van der Waals surface area (Å²) in [6.07, 6.45) is 4.13. The molecule has 1 fully saturated rings. The maximum Gasteiger partial charge on any atom is 0.257 e. The van der Waals surface area contributed by atoms with E-state index in [1.54, 1.807) is 17.3 Å². The first-order valence-corrected chi connectivity index (χ1v) is 7.48. The third-order valence-corrected chi connectivity index (χ3v) is 4.68. The van der Waals surface area contributed by atoms with Crippen LogP contribution in [-0.2, 0) is 0 Å². The molecule has 116 valence electrons. The summed E-state index contributed by atoms with van der Waals surface area (Å²) in [4.78, 5) is 14.2. The fourth-order valence-corrected chi connectivity index (χ4v) is 3.10. The van der Waals surface area contributed by atoms with Crippen molar-refractivity contribution in [2.75, 3.05) is 7.05 Å². The first kappa shape index (κ1) is 14.6. The maximum atomic E-state index is 12.4. The standard InChI is InChI=1S/C17H21N3O2/c1-17(2)14(20(3)16(21)12-10-18-19-11-12)9-15(17)22-13-7-5-4-6-8-13/h4-8,10-11,14-15H,9H2,1-3H3,(H,18,19)/t14-,15+/m1/s1. The van der Waals surface area contributed by atoms with Crippen LogP contribution in [0.3, 0.4) is 0 Å². The van der Waals surface area contributed by atoms with Crippen molar-refractivity contribution in [1.29, 1.82) is 0 Å². The number of aromatic nitrogens is 2. The molecule has 0 saturated heterocycles. The van der Waals surface area contributed by atoms with Gasteiger partial charge in [0, 0.05) is 31.1 Å². The molecule has 1 aromatic heterocycles. The zero-order chi connectivity index (χ0) is 15.7. The van der Waals surface area contributed by atoms with Gasteiger partial charge in [-0.3, -0.25) is 9.89 Å². The molecule has 5 nitrogen and oxygen atoms in total. The molecule has 0 bridgehead atoms. The van der Waals surface area contributed by atoms with Crippen molar-refractivity contribution in [3.63, 3.8) is 0 Å². The van der Waals surface area contributed by atoms with Gasteiger partial charge in [-0.25, -0.2) is 0 Å². The highest BCUT2D eigenvalue weighted by atomic mass is 16.5. The van der Waals surface area contributed by atoms with E-state index in [-0.39, 0.29) is 23.5 Å². The molecule has 1 heterocycles. The van der Waals surface area contributed by atoms with Crippen LogP contribution in [0.1, 0.15) is 30.6 Å². The third-order valence-electron chi connectivity index (χ3n) is 4.68. The molecule has 2 aromatic rings. The molecule has 0 aliphatic heterocycles. The van der Waals surface area contributed by atoms with Gasteiger partial charge < -0.3 is 9.64 Å². The Kier molecular flexibility index (Phi) is 3.64. The van der Waals surface area contributed by atoms with Crippen molar-refractivity contribution in [3.05, 3.63) is 48.3 Å². The highest BCUT2D eigenvalue weighted by Crippen LogP contribution is 2.45. The molecular weight excluding hydrogens is 278 g/mol. The Labute approximate surface area is 130 Å². The van der Waals surface area contributed by atoms with Gasteiger partial charge in [0.05, 0.1) is 11.8 Å². The monoisotopic (exact) mass is 299 g/mol. The van der Waals surface area contributed by atoms with Crippen molar-refractivity contribution >= 4 is 5.91 Å². The fourth-order valence-electron chi connectivity index (χ4n) is 3.10. The first-order valence-electron chi connectivity index (χ1n) is 7.48. The van der Waals surface area contributed by atoms with Gasteiger partial charge in [-0.2, -0.15) is 5.10 Å². The SMILES string of the molecule is CN(C(=O)c1cn[nH]c1)[C@@H]1C[C@H](Oc2ccccc2)C1(C)C. The molecule has 1 saturated carbocycles. The van der Waals surface area contributed by atoms with E-state index in [2.05, 4.69) is 24.0 Å². The second-order valence-electron chi connectivity index (χ2n) is 6.40. The maximum absolute atomic E-state index is 12.4. The van der Waals surface area contributed by atoms with E-state index in [0.717, 1.165) is 12.2 Å². The number of rotatable bonds is 4. The summed E-state index contributed by atoms with van der Waals surface area (Å²) in [7, 11) is 1.85. The van der Waals surface area contributed by atoms with Crippen molar-refractivity contribution in [2.45, 2.75) is 32.4 Å². The number of nitrogens with zero attached hydrogens (tertiary/aromatic N) is 2. The van der Waals surface area contributed by atoms with E-state index in [9.17, 15) is 4.79 Å². The second-order valence-corrected chi connectivity index (χ2v) is 6.40. The van der Waals surface area contributed by atoms with Crippen LogP contribution < -0.4 is 4.74 Å². The molecule has 1 amide bonds. The molecular formula is C17H21N3O2. The average molecular weight is 299 g/mol. The molecule has 0 unspecified atom stereocenters. The van der Waals surface area contributed by atoms with Gasteiger partial charge in [0.15, 0.2) is 0 Å². The van der Waals surface area contributed by atoms with Crippen molar-refractivity contribution in [2.24, 2.45) is 5.41 Å². The summed E-state index contributed by atoms with van der Waals surface area (Å²) in [6.45, 7) is 4.29. The lowest BCUT2D eigenvalue weighted by molar-refractivity contribution is -0.0886. The number of aromatic amines is 1. The number of amides is 1. The Morgan fingerprint density at radius 3 is 2.68 bits per heavy atom. The number of ether oxygens (including phenoxy) is 1. The summed E-state index contributed by atoms with van der Waals surface area (Å²) in [5, 5.41) is 6.52. The highest BCUT2D eigenvalue weighted by molar-refractivity contribution is 5.93. The second kappa shape index (κ2) is 5.48. The quantitative estimate of drug-likeness (QED) is 0.944. The van der Waals surface area contributed by atoms with E-state index in [1.807, 2.05) is 37.4 Å². The predicted molar refractivity (Wildman–Crippen MR) is 83.7 cm³/mol. The third kappa shape index (κ3) is 2.47. The Bertz CT molecular complexity index is 637. The summed E-state index contributed by atoms with van der Waals surface area (Å²) >= 11 is 0. The van der Waals surface area contributed by atoms with E-state index < -0.39 is 0 Å². The van der Waals surface area contributed by atoms with Crippen molar-refractivity contribution in [3.8, 4) is 5.75 Å². The zero-order valence-electron chi connectivity index (χ0n) is 13.1. The van der Waals surface area contributed by atoms with Crippen molar-refractivity contribution < 1.29 is 9.53 Å². The summed E-state index contributed by atoms with van der Waals surface area (Å²) in [5.41, 5.74) is 0.495. The molecule has 0 spiro atoms. The van der Waals surface area contributed by atoms with Gasteiger partial charge in [-0.15, -0.1) is 0 Å². The van der Waals surface area contributed by atoms with Crippen LogP contribution in [0.2, 0.25) is 0 Å². The highest BCUT2D eigenvalue weighted by Gasteiger charge is 2.53. The summed E-state index contributed by atoms with van der Waals surface area (Å²) in [5.74, 6) is 0.868. The first-order chi connectivity index (χ1) is 10.5. The minimum absolute atomic E-state index is 0.00927. The molecule has 0 radical (unpaired) electrons. The van der Waals surface area contributed by atoms with Gasteiger partial charge in [0.25, 0.3) is 5.91 Å². The normalized spacial score (nSPS) is 22.7. The van der Waals surface area contributed by atoms with Gasteiger partial charge >= 0.3 is 0 Å². The number of carbonyl (C=O) groups is 1. The fraction of sp³-hybridized carbons (Fsp3) is 0.412. The summed E-state index contributed by atoms with van der Waals surface area (Å²) in [6, 6.07) is 9.98. The lowest BCUT2D eigenvalue weighted by Gasteiger charge is -2.54. The number of para-hydroxylation sites is 1. The molecule has 2 atom stereocenters. The van der Waals surface area contributed by atoms with E-state index in [4.69, 9.17) is 4.74 Å². The molecule has 22 heavy (non-hydrogen) atoms. The summed E-state index contributed by atoms with van der Waals surface area (Å²) < 4.78 is 6.06.